The molecule has 1 rings (SSSR count). The molecule has 0 spiro atoms. The molecular weight excluding hydrogens is 370 g/mol. The van der Waals surface area contributed by atoms with Crippen LogP contribution in [-0.4, -0.2) is 53.7 Å². The molecule has 1 atom stereocenters. The van der Waals surface area contributed by atoms with E-state index in [0.717, 1.165) is 18.7 Å². The average Bonchev–Trinajstić information content (AvgIpc) is 3.06. The molecule has 8 nitrogen and oxygen atoms in total. The Balaban J connectivity index is 2.56. The fraction of sp³-hybridized carbons (Fsp3) is 0.762. The summed E-state index contributed by atoms with van der Waals surface area (Å²) in [6, 6.07) is 0.0290. The number of carbonyl (C=O) groups is 1. The second kappa shape index (κ2) is 10.5. The fourth-order valence-corrected chi connectivity index (χ4v) is 2.33. The molecule has 0 aliphatic rings. The van der Waals surface area contributed by atoms with Crippen LogP contribution in [0, 0.1) is 0 Å². The van der Waals surface area contributed by atoms with E-state index in [9.17, 15) is 4.79 Å². The van der Waals surface area contributed by atoms with Crippen molar-refractivity contribution in [3.8, 4) is 0 Å². The SMILES string of the molecule is CCNC(=NCc1ncc(C(C)(C)C)o1)NCCC(C)N(C)C(=O)OC(C)(C)C. The summed E-state index contributed by atoms with van der Waals surface area (Å²) in [7, 11) is 1.76. The quantitative estimate of drug-likeness (QED) is 0.527. The molecule has 0 saturated carbocycles. The molecular formula is C21H39N5O3. The predicted molar refractivity (Wildman–Crippen MR) is 116 cm³/mol. The van der Waals surface area contributed by atoms with Crippen LogP contribution in [0.4, 0.5) is 4.79 Å². The number of ether oxygens (including phenoxy) is 1. The molecule has 29 heavy (non-hydrogen) atoms. The summed E-state index contributed by atoms with van der Waals surface area (Å²) >= 11 is 0. The van der Waals surface area contributed by atoms with Crippen molar-refractivity contribution in [2.24, 2.45) is 4.99 Å². The first kappa shape index (κ1) is 24.8. The van der Waals surface area contributed by atoms with Crippen molar-refractivity contribution >= 4 is 12.1 Å². The van der Waals surface area contributed by atoms with Gasteiger partial charge in [-0.1, -0.05) is 20.8 Å². The largest absolute Gasteiger partial charge is 0.444 e. The lowest BCUT2D eigenvalue weighted by atomic mass is 9.94. The highest BCUT2D eigenvalue weighted by Crippen LogP contribution is 2.22. The smallest absolute Gasteiger partial charge is 0.410 e. The molecule has 1 aromatic rings. The van der Waals surface area contributed by atoms with Gasteiger partial charge in [0.15, 0.2) is 5.96 Å². The maximum atomic E-state index is 12.2. The third-order valence-electron chi connectivity index (χ3n) is 4.21. The van der Waals surface area contributed by atoms with Gasteiger partial charge >= 0.3 is 6.09 Å². The number of rotatable bonds is 7. The van der Waals surface area contributed by atoms with Crippen LogP contribution in [0.1, 0.15) is 73.5 Å². The summed E-state index contributed by atoms with van der Waals surface area (Å²) < 4.78 is 11.2. The summed E-state index contributed by atoms with van der Waals surface area (Å²) in [5.74, 6) is 2.12. The minimum atomic E-state index is -0.499. The molecule has 1 amide bonds. The summed E-state index contributed by atoms with van der Waals surface area (Å²) in [4.78, 5) is 22.6. The Kier molecular flexibility index (Phi) is 8.98. The predicted octanol–water partition coefficient (Wildman–Crippen LogP) is 3.67. The lowest BCUT2D eigenvalue weighted by molar-refractivity contribution is 0.0230. The van der Waals surface area contributed by atoms with Gasteiger partial charge < -0.3 is 24.7 Å². The third kappa shape index (κ3) is 9.19. The first-order valence-electron chi connectivity index (χ1n) is 10.3. The number of aliphatic imine (C=N–C) groups is 1. The number of nitrogens with one attached hydrogen (secondary N) is 2. The second-order valence-corrected chi connectivity index (χ2v) is 9.22. The molecule has 0 aliphatic heterocycles. The summed E-state index contributed by atoms with van der Waals surface area (Å²) in [5, 5.41) is 6.50. The number of guanidine groups is 1. The van der Waals surface area contributed by atoms with Crippen molar-refractivity contribution < 1.29 is 13.9 Å². The average molecular weight is 410 g/mol. The van der Waals surface area contributed by atoms with Gasteiger partial charge in [-0.2, -0.15) is 0 Å². The van der Waals surface area contributed by atoms with Crippen LogP contribution in [0.3, 0.4) is 0 Å². The summed E-state index contributed by atoms with van der Waals surface area (Å²) in [6.07, 6.45) is 2.20. The van der Waals surface area contributed by atoms with Crippen molar-refractivity contribution in [2.75, 3.05) is 20.1 Å². The maximum absolute atomic E-state index is 12.2. The van der Waals surface area contributed by atoms with Crippen molar-refractivity contribution in [1.82, 2.24) is 20.5 Å². The second-order valence-electron chi connectivity index (χ2n) is 9.22. The third-order valence-corrected chi connectivity index (χ3v) is 4.21. The number of hydrogen-bond donors (Lipinski definition) is 2. The van der Waals surface area contributed by atoms with Gasteiger partial charge in [-0.15, -0.1) is 0 Å². The molecule has 0 saturated heterocycles. The van der Waals surface area contributed by atoms with Crippen LogP contribution < -0.4 is 10.6 Å². The monoisotopic (exact) mass is 409 g/mol. The molecule has 2 N–H and O–H groups in total. The van der Waals surface area contributed by atoms with Gasteiger partial charge in [0.1, 0.15) is 17.9 Å². The minimum Gasteiger partial charge on any atom is -0.444 e. The van der Waals surface area contributed by atoms with Crippen LogP contribution in [0.2, 0.25) is 0 Å². The van der Waals surface area contributed by atoms with Crippen LogP contribution in [0.25, 0.3) is 0 Å². The van der Waals surface area contributed by atoms with E-state index in [-0.39, 0.29) is 17.6 Å². The van der Waals surface area contributed by atoms with Gasteiger partial charge in [0.05, 0.1) is 6.20 Å². The molecule has 166 valence electrons. The highest BCUT2D eigenvalue weighted by Gasteiger charge is 2.23. The highest BCUT2D eigenvalue weighted by atomic mass is 16.6. The molecule has 0 radical (unpaired) electrons. The first-order valence-corrected chi connectivity index (χ1v) is 10.3. The van der Waals surface area contributed by atoms with E-state index >= 15 is 0 Å². The fourth-order valence-electron chi connectivity index (χ4n) is 2.33. The van der Waals surface area contributed by atoms with E-state index in [2.05, 4.69) is 41.4 Å². The van der Waals surface area contributed by atoms with E-state index in [1.807, 2.05) is 34.6 Å². The Morgan fingerprint density at radius 2 is 1.93 bits per heavy atom. The number of hydrogen-bond acceptors (Lipinski definition) is 5. The van der Waals surface area contributed by atoms with Crippen molar-refractivity contribution in [2.45, 2.75) is 85.4 Å². The van der Waals surface area contributed by atoms with Crippen LogP contribution in [0.5, 0.6) is 0 Å². The van der Waals surface area contributed by atoms with E-state index in [1.54, 1.807) is 18.1 Å². The number of nitrogens with zero attached hydrogens (tertiary/aromatic N) is 3. The molecule has 1 unspecified atom stereocenters. The molecule has 0 aromatic carbocycles. The zero-order valence-corrected chi connectivity index (χ0v) is 19.5. The van der Waals surface area contributed by atoms with Crippen LogP contribution in [0.15, 0.2) is 15.6 Å². The lowest BCUT2D eigenvalue weighted by Crippen LogP contribution is -2.42. The van der Waals surface area contributed by atoms with E-state index in [4.69, 9.17) is 9.15 Å². The zero-order valence-electron chi connectivity index (χ0n) is 19.5. The number of oxazole rings is 1. The molecule has 0 aliphatic carbocycles. The van der Waals surface area contributed by atoms with Gasteiger partial charge in [0.25, 0.3) is 0 Å². The number of amides is 1. The van der Waals surface area contributed by atoms with E-state index in [0.29, 0.717) is 24.9 Å². The first-order chi connectivity index (χ1) is 13.3. The van der Waals surface area contributed by atoms with Gasteiger partial charge in [0, 0.05) is 31.6 Å². The standard InChI is InChI=1S/C21H39N5O3/c1-10-22-18(25-14-17-24-13-16(28-17)20(3,4)5)23-12-11-15(2)26(9)19(27)29-21(6,7)8/h13,15H,10-12,14H2,1-9H3,(H2,22,23,25). The molecule has 0 bridgehead atoms. The number of aromatic nitrogens is 1. The number of carbonyl (C=O) groups excluding carboxylic acids is 1. The Hall–Kier alpha value is -2.25. The minimum absolute atomic E-state index is 0.0290. The van der Waals surface area contributed by atoms with Crippen LogP contribution >= 0.6 is 0 Å². The van der Waals surface area contributed by atoms with Gasteiger partial charge in [0.2, 0.25) is 5.89 Å². The normalized spacial score (nSPS) is 13.8. The van der Waals surface area contributed by atoms with Crippen LogP contribution in [-0.2, 0) is 16.7 Å². The molecule has 1 heterocycles. The van der Waals surface area contributed by atoms with Crippen molar-refractivity contribution in [3.05, 3.63) is 17.8 Å². The van der Waals surface area contributed by atoms with Gasteiger partial charge in [-0.05, 0) is 41.0 Å². The Morgan fingerprint density at radius 3 is 2.45 bits per heavy atom. The molecule has 8 heteroatoms. The Labute approximate surface area is 175 Å². The Bertz CT molecular complexity index is 671. The van der Waals surface area contributed by atoms with E-state index < -0.39 is 5.60 Å². The molecule has 1 aromatic heterocycles. The van der Waals surface area contributed by atoms with E-state index in [1.165, 1.54) is 0 Å². The topological polar surface area (TPSA) is 92.0 Å². The zero-order chi connectivity index (χ0) is 22.2. The maximum Gasteiger partial charge on any atom is 0.410 e. The van der Waals surface area contributed by atoms with Gasteiger partial charge in [-0.25, -0.2) is 14.8 Å². The Morgan fingerprint density at radius 1 is 1.28 bits per heavy atom. The summed E-state index contributed by atoms with van der Waals surface area (Å²) in [5.41, 5.74) is -0.574. The van der Waals surface area contributed by atoms with Gasteiger partial charge in [-0.3, -0.25) is 0 Å². The summed E-state index contributed by atoms with van der Waals surface area (Å²) in [6.45, 7) is 17.6. The lowest BCUT2D eigenvalue weighted by Gasteiger charge is -2.28. The van der Waals surface area contributed by atoms with Crippen molar-refractivity contribution in [1.29, 1.82) is 0 Å². The molecule has 0 fully saturated rings. The van der Waals surface area contributed by atoms with Crippen molar-refractivity contribution in [3.63, 3.8) is 0 Å². The highest BCUT2D eigenvalue weighted by molar-refractivity contribution is 5.79.